The molecule has 1 aromatic carbocycles. The second-order valence-corrected chi connectivity index (χ2v) is 4.67. The number of halogens is 3. The number of alkyl halides is 3. The molecule has 112 valence electrons. The zero-order valence-electron chi connectivity index (χ0n) is 11.5. The second kappa shape index (κ2) is 5.59. The minimum absolute atomic E-state index is 0.104. The SMILES string of the molecule is CNC(=O)C(c1cccc(C)c1)c1cc(C(F)(F)F)n[nH]1. The maximum Gasteiger partial charge on any atom is 0.435 e. The number of H-pyrrole nitrogens is 1. The number of aromatic nitrogens is 2. The van der Waals surface area contributed by atoms with Gasteiger partial charge in [-0.05, 0) is 18.6 Å². The summed E-state index contributed by atoms with van der Waals surface area (Å²) in [7, 11) is 1.44. The molecule has 1 unspecified atom stereocenters. The van der Waals surface area contributed by atoms with Crippen LogP contribution in [0, 0.1) is 6.92 Å². The Morgan fingerprint density at radius 2 is 2.05 bits per heavy atom. The van der Waals surface area contributed by atoms with E-state index in [-0.39, 0.29) is 5.69 Å². The maximum atomic E-state index is 12.6. The lowest BCUT2D eigenvalue weighted by atomic mass is 9.93. The fraction of sp³-hybridized carbons (Fsp3) is 0.286. The largest absolute Gasteiger partial charge is 0.435 e. The number of carbonyl (C=O) groups excluding carboxylic acids is 1. The highest BCUT2D eigenvalue weighted by molar-refractivity contribution is 5.86. The summed E-state index contributed by atoms with van der Waals surface area (Å²) >= 11 is 0. The summed E-state index contributed by atoms with van der Waals surface area (Å²) in [5.41, 5.74) is 0.579. The normalized spacial score (nSPS) is 13.0. The van der Waals surface area contributed by atoms with Gasteiger partial charge in [-0.25, -0.2) is 0 Å². The highest BCUT2D eigenvalue weighted by Crippen LogP contribution is 2.31. The third-order valence-corrected chi connectivity index (χ3v) is 3.08. The topological polar surface area (TPSA) is 57.8 Å². The number of carbonyl (C=O) groups is 1. The van der Waals surface area contributed by atoms with Gasteiger partial charge >= 0.3 is 6.18 Å². The summed E-state index contributed by atoms with van der Waals surface area (Å²) in [5, 5.41) is 8.02. The molecular formula is C14H14F3N3O. The van der Waals surface area contributed by atoms with E-state index in [1.807, 2.05) is 13.0 Å². The zero-order valence-corrected chi connectivity index (χ0v) is 11.5. The molecule has 7 heteroatoms. The molecule has 0 aliphatic heterocycles. The molecule has 0 fully saturated rings. The van der Waals surface area contributed by atoms with Crippen LogP contribution in [0.3, 0.4) is 0 Å². The number of nitrogens with zero attached hydrogens (tertiary/aromatic N) is 1. The number of nitrogens with one attached hydrogen (secondary N) is 2. The maximum absolute atomic E-state index is 12.6. The Labute approximate surface area is 119 Å². The number of hydrogen-bond donors (Lipinski definition) is 2. The van der Waals surface area contributed by atoms with E-state index in [2.05, 4.69) is 15.5 Å². The second-order valence-electron chi connectivity index (χ2n) is 4.67. The van der Waals surface area contributed by atoms with E-state index in [9.17, 15) is 18.0 Å². The van der Waals surface area contributed by atoms with Gasteiger partial charge in [0, 0.05) is 7.05 Å². The van der Waals surface area contributed by atoms with Crippen LogP contribution in [-0.2, 0) is 11.0 Å². The molecule has 4 nitrogen and oxygen atoms in total. The van der Waals surface area contributed by atoms with Gasteiger partial charge in [0.1, 0.15) is 5.92 Å². The van der Waals surface area contributed by atoms with Crippen LogP contribution >= 0.6 is 0 Å². The molecule has 0 aliphatic carbocycles. The number of benzene rings is 1. The summed E-state index contributed by atoms with van der Waals surface area (Å²) in [6.45, 7) is 1.85. The molecule has 21 heavy (non-hydrogen) atoms. The van der Waals surface area contributed by atoms with Crippen LogP contribution < -0.4 is 5.32 Å². The molecule has 2 rings (SSSR count). The van der Waals surface area contributed by atoms with Crippen molar-refractivity contribution in [2.24, 2.45) is 0 Å². The van der Waals surface area contributed by atoms with Crippen LogP contribution in [0.2, 0.25) is 0 Å². The Hall–Kier alpha value is -2.31. The van der Waals surface area contributed by atoms with Crippen molar-refractivity contribution in [2.75, 3.05) is 7.05 Å². The first kappa shape index (κ1) is 15.1. The van der Waals surface area contributed by atoms with Gasteiger partial charge in [0.25, 0.3) is 0 Å². The van der Waals surface area contributed by atoms with Crippen molar-refractivity contribution in [3.8, 4) is 0 Å². The first-order chi connectivity index (χ1) is 9.82. The van der Waals surface area contributed by atoms with Crippen LogP contribution in [0.1, 0.15) is 28.4 Å². The molecule has 0 radical (unpaired) electrons. The average molecular weight is 297 g/mol. The molecule has 0 bridgehead atoms. The smallest absolute Gasteiger partial charge is 0.358 e. The van der Waals surface area contributed by atoms with Gasteiger partial charge in [0.05, 0.1) is 5.69 Å². The molecular weight excluding hydrogens is 283 g/mol. The zero-order chi connectivity index (χ0) is 15.6. The Morgan fingerprint density at radius 1 is 1.33 bits per heavy atom. The van der Waals surface area contributed by atoms with Crippen LogP contribution in [0.5, 0.6) is 0 Å². The predicted molar refractivity (Wildman–Crippen MR) is 70.7 cm³/mol. The van der Waals surface area contributed by atoms with E-state index >= 15 is 0 Å². The number of aryl methyl sites for hydroxylation is 1. The number of amides is 1. The predicted octanol–water partition coefficient (Wildman–Crippen LogP) is 2.61. The molecule has 0 spiro atoms. The molecule has 0 saturated heterocycles. The number of rotatable bonds is 3. The monoisotopic (exact) mass is 297 g/mol. The molecule has 0 saturated carbocycles. The van der Waals surface area contributed by atoms with Crippen LogP contribution in [0.4, 0.5) is 13.2 Å². The van der Waals surface area contributed by atoms with Crippen molar-refractivity contribution in [3.63, 3.8) is 0 Å². The first-order valence-corrected chi connectivity index (χ1v) is 6.23. The van der Waals surface area contributed by atoms with E-state index in [0.717, 1.165) is 11.6 Å². The molecule has 1 atom stereocenters. The van der Waals surface area contributed by atoms with Crippen molar-refractivity contribution in [2.45, 2.75) is 19.0 Å². The molecule has 2 aromatic rings. The van der Waals surface area contributed by atoms with Crippen molar-refractivity contribution < 1.29 is 18.0 Å². The summed E-state index contributed by atoms with van der Waals surface area (Å²) in [6, 6.07) is 7.91. The lowest BCUT2D eigenvalue weighted by Crippen LogP contribution is -2.27. The van der Waals surface area contributed by atoms with Gasteiger partial charge in [-0.3, -0.25) is 9.89 Å². The molecule has 1 aromatic heterocycles. The van der Waals surface area contributed by atoms with Crippen molar-refractivity contribution in [3.05, 3.63) is 52.8 Å². The van der Waals surface area contributed by atoms with E-state index in [4.69, 9.17) is 0 Å². The summed E-state index contributed by atoms with van der Waals surface area (Å²) in [6.07, 6.45) is -4.55. The number of likely N-dealkylation sites (N-methyl/N-ethyl adjacent to an activating group) is 1. The Balaban J connectivity index is 2.46. The van der Waals surface area contributed by atoms with Gasteiger partial charge < -0.3 is 5.32 Å². The summed E-state index contributed by atoms with van der Waals surface area (Å²) in [5.74, 6) is -1.27. The van der Waals surface area contributed by atoms with Crippen molar-refractivity contribution in [1.82, 2.24) is 15.5 Å². The number of aromatic amines is 1. The van der Waals surface area contributed by atoms with Crippen molar-refractivity contribution >= 4 is 5.91 Å². The van der Waals surface area contributed by atoms with E-state index in [1.54, 1.807) is 18.2 Å². The summed E-state index contributed by atoms with van der Waals surface area (Å²) in [4.78, 5) is 12.0. The van der Waals surface area contributed by atoms with Gasteiger partial charge in [0.15, 0.2) is 5.69 Å². The van der Waals surface area contributed by atoms with E-state index in [0.29, 0.717) is 5.56 Å². The summed E-state index contributed by atoms with van der Waals surface area (Å²) < 4.78 is 37.9. The highest BCUT2D eigenvalue weighted by atomic mass is 19.4. The van der Waals surface area contributed by atoms with Gasteiger partial charge in [-0.2, -0.15) is 18.3 Å². The molecule has 1 heterocycles. The standard InChI is InChI=1S/C14H14F3N3O/c1-8-4-3-5-9(6-8)12(13(21)18-2)10-7-11(20-19-10)14(15,16)17/h3-7,12H,1-2H3,(H,18,21)(H,19,20). The average Bonchev–Trinajstić information content (AvgIpc) is 2.88. The Kier molecular flexibility index (Phi) is 4.02. The number of hydrogen-bond acceptors (Lipinski definition) is 2. The van der Waals surface area contributed by atoms with E-state index in [1.165, 1.54) is 7.05 Å². The lowest BCUT2D eigenvalue weighted by Gasteiger charge is -2.14. The first-order valence-electron chi connectivity index (χ1n) is 6.23. The molecule has 1 amide bonds. The fourth-order valence-electron chi connectivity index (χ4n) is 2.10. The van der Waals surface area contributed by atoms with Crippen LogP contribution in [-0.4, -0.2) is 23.2 Å². The van der Waals surface area contributed by atoms with Gasteiger partial charge in [0.2, 0.25) is 5.91 Å². The van der Waals surface area contributed by atoms with Crippen LogP contribution in [0.15, 0.2) is 30.3 Å². The molecule has 0 aliphatic rings. The minimum atomic E-state index is -4.55. The Morgan fingerprint density at radius 3 is 2.57 bits per heavy atom. The third kappa shape index (κ3) is 3.24. The Bertz CT molecular complexity index is 649. The van der Waals surface area contributed by atoms with Gasteiger partial charge in [-0.1, -0.05) is 29.8 Å². The van der Waals surface area contributed by atoms with Crippen LogP contribution in [0.25, 0.3) is 0 Å². The lowest BCUT2D eigenvalue weighted by molar-refractivity contribution is -0.141. The molecule has 2 N–H and O–H groups in total. The highest BCUT2D eigenvalue weighted by Gasteiger charge is 2.35. The minimum Gasteiger partial charge on any atom is -0.358 e. The van der Waals surface area contributed by atoms with E-state index < -0.39 is 23.7 Å². The third-order valence-electron chi connectivity index (χ3n) is 3.08. The quantitative estimate of drug-likeness (QED) is 0.915. The fourth-order valence-corrected chi connectivity index (χ4v) is 2.10. The van der Waals surface area contributed by atoms with Crippen molar-refractivity contribution in [1.29, 1.82) is 0 Å². The van der Waals surface area contributed by atoms with Gasteiger partial charge in [-0.15, -0.1) is 0 Å².